The van der Waals surface area contributed by atoms with Crippen LogP contribution in [0, 0.1) is 5.82 Å². The number of carbonyl (C=O) groups is 1. The van der Waals surface area contributed by atoms with Gasteiger partial charge in [-0.15, -0.1) is 0 Å². The lowest BCUT2D eigenvalue weighted by Crippen LogP contribution is -2.34. The van der Waals surface area contributed by atoms with E-state index in [0.29, 0.717) is 0 Å². The van der Waals surface area contributed by atoms with Crippen LogP contribution in [0.2, 0.25) is 0 Å². The van der Waals surface area contributed by atoms with Gasteiger partial charge in [-0.1, -0.05) is 30.3 Å². The van der Waals surface area contributed by atoms with Gasteiger partial charge < -0.3 is 4.90 Å². The van der Waals surface area contributed by atoms with Crippen LogP contribution in [0.15, 0.2) is 54.6 Å². The van der Waals surface area contributed by atoms with Crippen molar-refractivity contribution < 1.29 is 9.18 Å². The molecule has 0 radical (unpaired) electrons. The number of fused-ring (bicyclic) bond motifs is 1. The van der Waals surface area contributed by atoms with E-state index in [9.17, 15) is 9.18 Å². The molecule has 0 atom stereocenters. The molecule has 0 N–H and O–H groups in total. The molecule has 2 fully saturated rings. The third-order valence-electron chi connectivity index (χ3n) is 6.65. The summed E-state index contributed by atoms with van der Waals surface area (Å²) in [4.78, 5) is 22.7. The SMILES string of the molecule is O=C(c1cc2ccccc2nc1C1CCN(Cc2cccc(F)c2)CC1)N1CCCC1. The Labute approximate surface area is 182 Å². The number of aromatic nitrogens is 1. The van der Waals surface area contributed by atoms with Crippen LogP contribution in [0.3, 0.4) is 0 Å². The van der Waals surface area contributed by atoms with E-state index in [-0.39, 0.29) is 17.6 Å². The molecule has 0 saturated carbocycles. The van der Waals surface area contributed by atoms with E-state index < -0.39 is 0 Å². The Morgan fingerprint density at radius 1 is 0.968 bits per heavy atom. The molecule has 0 unspecified atom stereocenters. The zero-order valence-electron chi connectivity index (χ0n) is 17.8. The Hall–Kier alpha value is -2.79. The highest BCUT2D eigenvalue weighted by atomic mass is 19.1. The van der Waals surface area contributed by atoms with Gasteiger partial charge in [0.15, 0.2) is 0 Å². The third kappa shape index (κ3) is 4.33. The maximum atomic E-state index is 13.5. The van der Waals surface area contributed by atoms with E-state index in [2.05, 4.69) is 11.0 Å². The second kappa shape index (κ2) is 8.75. The topological polar surface area (TPSA) is 36.4 Å². The Kier molecular flexibility index (Phi) is 5.68. The molecular formula is C26H28FN3O. The van der Waals surface area contributed by atoms with Crippen molar-refractivity contribution in [1.29, 1.82) is 0 Å². The van der Waals surface area contributed by atoms with Gasteiger partial charge in [-0.2, -0.15) is 0 Å². The quantitative estimate of drug-likeness (QED) is 0.600. The summed E-state index contributed by atoms with van der Waals surface area (Å²) in [7, 11) is 0. The number of para-hydroxylation sites is 1. The van der Waals surface area contributed by atoms with Crippen LogP contribution in [0.25, 0.3) is 10.9 Å². The number of pyridine rings is 1. The lowest BCUT2D eigenvalue weighted by molar-refractivity contribution is 0.0790. The summed E-state index contributed by atoms with van der Waals surface area (Å²) in [6.45, 7) is 4.30. The first-order valence-electron chi connectivity index (χ1n) is 11.3. The molecule has 0 bridgehead atoms. The van der Waals surface area contributed by atoms with Gasteiger partial charge in [-0.3, -0.25) is 14.7 Å². The average molecular weight is 418 g/mol. The van der Waals surface area contributed by atoms with Crippen molar-refractivity contribution in [3.8, 4) is 0 Å². The number of benzene rings is 2. The van der Waals surface area contributed by atoms with Gasteiger partial charge in [-0.25, -0.2) is 4.39 Å². The number of halogens is 1. The second-order valence-electron chi connectivity index (χ2n) is 8.79. The first-order chi connectivity index (χ1) is 15.2. The number of hydrogen-bond acceptors (Lipinski definition) is 3. The number of nitrogens with zero attached hydrogens (tertiary/aromatic N) is 3. The fourth-order valence-corrected chi connectivity index (χ4v) is 4.96. The summed E-state index contributed by atoms with van der Waals surface area (Å²) < 4.78 is 13.5. The normalized spacial score (nSPS) is 18.0. The Morgan fingerprint density at radius 3 is 2.52 bits per heavy atom. The number of likely N-dealkylation sites (tertiary alicyclic amines) is 2. The van der Waals surface area contributed by atoms with Crippen molar-refractivity contribution in [2.75, 3.05) is 26.2 Å². The molecule has 1 amide bonds. The fraction of sp³-hybridized carbons (Fsp3) is 0.385. The smallest absolute Gasteiger partial charge is 0.255 e. The van der Waals surface area contributed by atoms with Crippen LogP contribution in [0.5, 0.6) is 0 Å². The summed E-state index contributed by atoms with van der Waals surface area (Å²) in [5, 5.41) is 1.03. The zero-order valence-corrected chi connectivity index (χ0v) is 17.8. The van der Waals surface area contributed by atoms with Crippen molar-refractivity contribution in [3.05, 3.63) is 77.2 Å². The summed E-state index contributed by atoms with van der Waals surface area (Å²) in [5.41, 5.74) is 3.70. The maximum Gasteiger partial charge on any atom is 0.255 e. The van der Waals surface area contributed by atoms with Crippen molar-refractivity contribution >= 4 is 16.8 Å². The third-order valence-corrected chi connectivity index (χ3v) is 6.65. The fourth-order valence-electron chi connectivity index (χ4n) is 4.96. The van der Waals surface area contributed by atoms with Gasteiger partial charge in [0.1, 0.15) is 5.82 Å². The molecule has 2 aliphatic heterocycles. The van der Waals surface area contributed by atoms with E-state index in [0.717, 1.165) is 86.1 Å². The van der Waals surface area contributed by atoms with E-state index in [1.807, 2.05) is 35.2 Å². The number of rotatable bonds is 4. The van der Waals surface area contributed by atoms with Crippen LogP contribution in [-0.2, 0) is 6.54 Å². The standard InChI is InChI=1S/C26H28FN3O/c27-22-8-5-6-19(16-22)18-29-14-10-20(11-15-29)25-23(26(31)30-12-3-4-13-30)17-21-7-1-2-9-24(21)28-25/h1-2,5-9,16-17,20H,3-4,10-15,18H2. The molecule has 4 nitrogen and oxygen atoms in total. The molecule has 3 aromatic rings. The second-order valence-corrected chi connectivity index (χ2v) is 8.79. The molecule has 0 aliphatic carbocycles. The van der Waals surface area contributed by atoms with Gasteiger partial charge in [-0.05, 0) is 68.6 Å². The number of hydrogen-bond donors (Lipinski definition) is 0. The van der Waals surface area contributed by atoms with Crippen molar-refractivity contribution in [3.63, 3.8) is 0 Å². The molecular weight excluding hydrogens is 389 g/mol. The highest BCUT2D eigenvalue weighted by Gasteiger charge is 2.29. The highest BCUT2D eigenvalue weighted by Crippen LogP contribution is 2.32. The maximum absolute atomic E-state index is 13.5. The Balaban J connectivity index is 1.38. The minimum Gasteiger partial charge on any atom is -0.339 e. The predicted octanol–water partition coefficient (Wildman–Crippen LogP) is 4.99. The van der Waals surface area contributed by atoms with E-state index in [4.69, 9.17) is 4.98 Å². The number of piperidine rings is 1. The van der Waals surface area contributed by atoms with Crippen molar-refractivity contribution in [2.45, 2.75) is 38.1 Å². The van der Waals surface area contributed by atoms with Gasteiger partial charge in [0.05, 0.1) is 16.8 Å². The van der Waals surface area contributed by atoms with E-state index in [1.165, 1.54) is 6.07 Å². The average Bonchev–Trinajstić information content (AvgIpc) is 3.33. The van der Waals surface area contributed by atoms with Crippen LogP contribution < -0.4 is 0 Å². The predicted molar refractivity (Wildman–Crippen MR) is 121 cm³/mol. The minimum absolute atomic E-state index is 0.132. The minimum atomic E-state index is -0.183. The first-order valence-corrected chi connectivity index (χ1v) is 11.3. The largest absolute Gasteiger partial charge is 0.339 e. The van der Waals surface area contributed by atoms with Crippen LogP contribution in [-0.4, -0.2) is 46.9 Å². The van der Waals surface area contributed by atoms with Crippen LogP contribution >= 0.6 is 0 Å². The van der Waals surface area contributed by atoms with Crippen LogP contribution in [0.1, 0.15) is 53.2 Å². The molecule has 3 heterocycles. The molecule has 1 aromatic heterocycles. The molecule has 2 saturated heterocycles. The summed E-state index contributed by atoms with van der Waals surface area (Å²) in [6, 6.07) is 17.0. The summed E-state index contributed by atoms with van der Waals surface area (Å²) in [6.07, 6.45) is 4.09. The number of carbonyl (C=O) groups excluding carboxylic acids is 1. The van der Waals surface area contributed by atoms with E-state index >= 15 is 0 Å². The zero-order chi connectivity index (χ0) is 21.2. The van der Waals surface area contributed by atoms with Gasteiger partial charge >= 0.3 is 0 Å². The monoisotopic (exact) mass is 417 g/mol. The molecule has 5 rings (SSSR count). The molecule has 31 heavy (non-hydrogen) atoms. The molecule has 5 heteroatoms. The van der Waals surface area contributed by atoms with Crippen molar-refractivity contribution in [1.82, 2.24) is 14.8 Å². The summed E-state index contributed by atoms with van der Waals surface area (Å²) in [5.74, 6) is 0.223. The van der Waals surface area contributed by atoms with Gasteiger partial charge in [0.25, 0.3) is 5.91 Å². The van der Waals surface area contributed by atoms with Gasteiger partial charge in [0, 0.05) is 30.9 Å². The Bertz CT molecular complexity index is 1080. The highest BCUT2D eigenvalue weighted by molar-refractivity contribution is 5.99. The van der Waals surface area contributed by atoms with E-state index in [1.54, 1.807) is 12.1 Å². The van der Waals surface area contributed by atoms with Crippen LogP contribution in [0.4, 0.5) is 4.39 Å². The lowest BCUT2D eigenvalue weighted by atomic mass is 9.89. The summed E-state index contributed by atoms with van der Waals surface area (Å²) >= 11 is 0. The molecule has 160 valence electrons. The van der Waals surface area contributed by atoms with Crippen molar-refractivity contribution in [2.24, 2.45) is 0 Å². The van der Waals surface area contributed by atoms with Gasteiger partial charge in [0.2, 0.25) is 0 Å². The number of amides is 1. The Morgan fingerprint density at radius 2 is 1.74 bits per heavy atom. The molecule has 2 aliphatic rings. The molecule has 2 aromatic carbocycles. The first kappa shape index (κ1) is 20.1. The molecule has 0 spiro atoms. The lowest BCUT2D eigenvalue weighted by Gasteiger charge is -2.32.